The van der Waals surface area contributed by atoms with Gasteiger partial charge in [-0.1, -0.05) is 26.0 Å². The van der Waals surface area contributed by atoms with Gasteiger partial charge in [-0.15, -0.1) is 0 Å². The molecule has 0 unspecified atom stereocenters. The van der Waals surface area contributed by atoms with E-state index in [1.807, 2.05) is 29.2 Å². The number of halogens is 1. The van der Waals surface area contributed by atoms with Crippen molar-refractivity contribution in [3.63, 3.8) is 0 Å². The summed E-state index contributed by atoms with van der Waals surface area (Å²) in [5.74, 6) is 0.939. The van der Waals surface area contributed by atoms with E-state index in [0.29, 0.717) is 36.1 Å². The lowest BCUT2D eigenvalue weighted by Gasteiger charge is -2.44. The van der Waals surface area contributed by atoms with Crippen LogP contribution in [0.2, 0.25) is 0 Å². The Hall–Kier alpha value is -2.89. The summed E-state index contributed by atoms with van der Waals surface area (Å²) >= 11 is 0. The zero-order valence-electron chi connectivity index (χ0n) is 19.0. The smallest absolute Gasteiger partial charge is 0.228 e. The van der Waals surface area contributed by atoms with Crippen LogP contribution in [0.3, 0.4) is 0 Å². The Morgan fingerprint density at radius 2 is 1.62 bits per heavy atom. The molecule has 0 radical (unpaired) electrons. The van der Waals surface area contributed by atoms with Gasteiger partial charge in [0.15, 0.2) is 0 Å². The number of nitrogens with zero attached hydrogens (tertiary/aromatic N) is 2. The maximum absolute atomic E-state index is 13.8. The predicted octanol–water partition coefficient (Wildman–Crippen LogP) is 4.82. The van der Waals surface area contributed by atoms with Crippen molar-refractivity contribution in [1.82, 2.24) is 4.90 Å². The summed E-state index contributed by atoms with van der Waals surface area (Å²) in [6, 6.07) is 13.0. The lowest BCUT2D eigenvalue weighted by molar-refractivity contribution is -0.141. The van der Waals surface area contributed by atoms with Gasteiger partial charge in [0.1, 0.15) is 11.6 Å². The van der Waals surface area contributed by atoms with Crippen molar-refractivity contribution in [3.8, 4) is 5.75 Å². The molecule has 32 heavy (non-hydrogen) atoms. The minimum atomic E-state index is -0.481. The van der Waals surface area contributed by atoms with E-state index in [2.05, 4.69) is 13.8 Å². The van der Waals surface area contributed by atoms with Crippen molar-refractivity contribution in [1.29, 1.82) is 0 Å². The molecule has 2 saturated heterocycles. The van der Waals surface area contributed by atoms with Crippen LogP contribution in [-0.2, 0) is 9.59 Å². The van der Waals surface area contributed by atoms with E-state index >= 15 is 0 Å². The average molecular weight is 439 g/mol. The fraction of sp³-hybridized carbons (Fsp3) is 0.462. The van der Waals surface area contributed by atoms with E-state index in [4.69, 9.17) is 4.74 Å². The van der Waals surface area contributed by atoms with Crippen molar-refractivity contribution >= 4 is 17.5 Å². The first-order valence-corrected chi connectivity index (χ1v) is 11.4. The number of piperidine rings is 2. The van der Waals surface area contributed by atoms with E-state index in [1.54, 1.807) is 24.1 Å². The second-order valence-electron chi connectivity index (χ2n) is 9.29. The zero-order chi connectivity index (χ0) is 22.8. The molecule has 0 N–H and O–H groups in total. The Morgan fingerprint density at radius 1 is 1.00 bits per heavy atom. The molecule has 0 spiro atoms. The van der Waals surface area contributed by atoms with E-state index in [1.165, 1.54) is 12.1 Å². The largest absolute Gasteiger partial charge is 0.497 e. The van der Waals surface area contributed by atoms with Crippen LogP contribution >= 0.6 is 0 Å². The lowest BCUT2D eigenvalue weighted by Crippen LogP contribution is -2.52. The Labute approximate surface area is 189 Å². The van der Waals surface area contributed by atoms with Crippen LogP contribution in [0.25, 0.3) is 0 Å². The fourth-order valence-electron chi connectivity index (χ4n) is 5.32. The summed E-state index contributed by atoms with van der Waals surface area (Å²) in [5, 5.41) is 0. The summed E-state index contributed by atoms with van der Waals surface area (Å²) in [5.41, 5.74) is 1.48. The quantitative estimate of drug-likeness (QED) is 0.688. The number of carbonyl (C=O) groups is 2. The molecule has 0 aliphatic carbocycles. The van der Waals surface area contributed by atoms with E-state index in [-0.39, 0.29) is 23.5 Å². The monoisotopic (exact) mass is 438 g/mol. The topological polar surface area (TPSA) is 49.9 Å². The van der Waals surface area contributed by atoms with E-state index < -0.39 is 6.04 Å². The second kappa shape index (κ2) is 9.31. The molecule has 5 nitrogen and oxygen atoms in total. The highest BCUT2D eigenvalue weighted by Crippen LogP contribution is 2.41. The first-order valence-electron chi connectivity index (χ1n) is 11.4. The number of likely N-dealkylation sites (tertiary alicyclic amines) is 1. The summed E-state index contributed by atoms with van der Waals surface area (Å²) in [7, 11) is 1.59. The minimum Gasteiger partial charge on any atom is -0.497 e. The molecule has 0 bridgehead atoms. The normalized spacial score (nSPS) is 26.2. The van der Waals surface area contributed by atoms with Gasteiger partial charge >= 0.3 is 0 Å². The first kappa shape index (κ1) is 22.3. The van der Waals surface area contributed by atoms with Gasteiger partial charge in [-0.3, -0.25) is 9.59 Å². The number of ether oxygens (including phenoxy) is 1. The Kier molecular flexibility index (Phi) is 6.49. The maximum atomic E-state index is 13.8. The van der Waals surface area contributed by atoms with Crippen molar-refractivity contribution in [2.45, 2.75) is 39.2 Å². The van der Waals surface area contributed by atoms with Gasteiger partial charge in [0.2, 0.25) is 11.8 Å². The fourth-order valence-corrected chi connectivity index (χ4v) is 5.32. The van der Waals surface area contributed by atoms with Gasteiger partial charge in [0.25, 0.3) is 0 Å². The molecule has 0 saturated carbocycles. The number of amides is 2. The number of hydrogen-bond acceptors (Lipinski definition) is 3. The molecule has 2 heterocycles. The van der Waals surface area contributed by atoms with Crippen LogP contribution in [0.15, 0.2) is 48.5 Å². The highest BCUT2D eigenvalue weighted by atomic mass is 19.1. The zero-order valence-corrected chi connectivity index (χ0v) is 19.0. The lowest BCUT2D eigenvalue weighted by atomic mass is 9.81. The molecule has 2 aromatic carbocycles. The number of rotatable bonds is 4. The highest BCUT2D eigenvalue weighted by Gasteiger charge is 2.43. The van der Waals surface area contributed by atoms with Gasteiger partial charge in [0, 0.05) is 25.2 Å². The van der Waals surface area contributed by atoms with Crippen molar-refractivity contribution < 1.29 is 18.7 Å². The van der Waals surface area contributed by atoms with Crippen LogP contribution in [0.5, 0.6) is 5.75 Å². The van der Waals surface area contributed by atoms with Gasteiger partial charge < -0.3 is 14.5 Å². The first-order chi connectivity index (χ1) is 15.4. The standard InChI is InChI=1S/C26H31FN2O3/c1-17-14-18(2)16-28(15-17)26(31)23-12-13-24(30)29(21-8-10-22(32-3)11-9-21)25(23)19-4-6-20(27)7-5-19/h4-11,17-18,23,25H,12-16H2,1-3H3/t17-,18-,23+,25+/m0/s1. The Morgan fingerprint density at radius 3 is 2.22 bits per heavy atom. The molecular weight excluding hydrogens is 407 g/mol. The van der Waals surface area contributed by atoms with Crippen LogP contribution in [0.1, 0.15) is 44.7 Å². The third kappa shape index (κ3) is 4.50. The van der Waals surface area contributed by atoms with E-state index in [9.17, 15) is 14.0 Å². The molecule has 2 amide bonds. The molecule has 2 fully saturated rings. The Bertz CT molecular complexity index is 950. The molecule has 170 valence electrons. The molecular formula is C26H31FN2O3. The molecule has 4 rings (SSSR count). The third-order valence-electron chi connectivity index (χ3n) is 6.66. The van der Waals surface area contributed by atoms with Gasteiger partial charge in [0.05, 0.1) is 19.1 Å². The van der Waals surface area contributed by atoms with Crippen LogP contribution in [0, 0.1) is 23.6 Å². The number of benzene rings is 2. The SMILES string of the molecule is COc1ccc(N2C(=O)CC[C@@H](C(=O)N3C[C@@H](C)C[C@H](C)C3)[C@H]2c2ccc(F)cc2)cc1. The Balaban J connectivity index is 1.73. The van der Waals surface area contributed by atoms with Crippen molar-refractivity contribution in [2.75, 3.05) is 25.1 Å². The second-order valence-corrected chi connectivity index (χ2v) is 9.29. The van der Waals surface area contributed by atoms with Crippen LogP contribution in [-0.4, -0.2) is 36.9 Å². The number of hydrogen-bond donors (Lipinski definition) is 0. The average Bonchev–Trinajstić information content (AvgIpc) is 2.78. The van der Waals surface area contributed by atoms with Crippen molar-refractivity contribution in [2.24, 2.45) is 17.8 Å². The molecule has 2 aliphatic rings. The van der Waals surface area contributed by atoms with Gasteiger partial charge in [-0.05, 0) is 66.6 Å². The number of carbonyl (C=O) groups excluding carboxylic acids is 2. The van der Waals surface area contributed by atoms with Gasteiger partial charge in [-0.25, -0.2) is 4.39 Å². The number of methoxy groups -OCH3 is 1. The summed E-state index contributed by atoms with van der Waals surface area (Å²) < 4.78 is 19.0. The molecule has 0 aromatic heterocycles. The summed E-state index contributed by atoms with van der Waals surface area (Å²) in [6.45, 7) is 5.85. The summed E-state index contributed by atoms with van der Waals surface area (Å²) in [6.07, 6.45) is 1.91. The van der Waals surface area contributed by atoms with Crippen molar-refractivity contribution in [3.05, 3.63) is 59.9 Å². The molecule has 2 aliphatic heterocycles. The van der Waals surface area contributed by atoms with Gasteiger partial charge in [-0.2, -0.15) is 0 Å². The van der Waals surface area contributed by atoms with E-state index in [0.717, 1.165) is 25.1 Å². The summed E-state index contributed by atoms with van der Waals surface area (Å²) in [4.78, 5) is 30.6. The molecule has 4 atom stereocenters. The van der Waals surface area contributed by atoms with Crippen LogP contribution in [0.4, 0.5) is 10.1 Å². The maximum Gasteiger partial charge on any atom is 0.228 e. The third-order valence-corrected chi connectivity index (χ3v) is 6.66. The number of anilines is 1. The molecule has 2 aromatic rings. The highest BCUT2D eigenvalue weighted by molar-refractivity contribution is 5.97. The molecule has 6 heteroatoms. The minimum absolute atomic E-state index is 0.0334. The van der Waals surface area contributed by atoms with Crippen LogP contribution < -0.4 is 9.64 Å². The predicted molar refractivity (Wildman–Crippen MR) is 122 cm³/mol.